The highest BCUT2D eigenvalue weighted by Crippen LogP contribution is 2.26. The molecule has 2 aromatic carbocycles. The largest absolute Gasteiger partial charge is 0.326 e. The molecule has 5 nitrogen and oxygen atoms in total. The van der Waals surface area contributed by atoms with E-state index in [-0.39, 0.29) is 23.5 Å². The monoisotopic (exact) mass is 429 g/mol. The summed E-state index contributed by atoms with van der Waals surface area (Å²) in [6, 6.07) is 12.2. The van der Waals surface area contributed by atoms with Crippen LogP contribution in [0.3, 0.4) is 0 Å². The summed E-state index contributed by atoms with van der Waals surface area (Å²) < 4.78 is 14.0. The van der Waals surface area contributed by atoms with Gasteiger partial charge in [-0.25, -0.2) is 4.39 Å². The smallest absolute Gasteiger partial charge is 0.227 e. The van der Waals surface area contributed by atoms with E-state index in [1.807, 2.05) is 24.3 Å². The van der Waals surface area contributed by atoms with E-state index in [0.717, 1.165) is 44.6 Å². The van der Waals surface area contributed by atoms with Crippen molar-refractivity contribution in [2.45, 2.75) is 32.2 Å². The first-order valence-corrected chi connectivity index (χ1v) is 10.7. The Bertz CT molecular complexity index is 944. The number of nitrogens with zero attached hydrogens (tertiary/aromatic N) is 2. The van der Waals surface area contributed by atoms with E-state index < -0.39 is 0 Å². The number of piperidine rings is 1. The van der Waals surface area contributed by atoms with E-state index in [0.29, 0.717) is 29.2 Å². The number of amides is 2. The Balaban J connectivity index is 1.31. The van der Waals surface area contributed by atoms with Gasteiger partial charge in [0.1, 0.15) is 5.82 Å². The van der Waals surface area contributed by atoms with Crippen LogP contribution in [-0.4, -0.2) is 36.3 Å². The predicted octanol–water partition coefficient (Wildman–Crippen LogP) is 4.46. The molecule has 0 aromatic heterocycles. The molecule has 0 aliphatic carbocycles. The van der Waals surface area contributed by atoms with Gasteiger partial charge in [0, 0.05) is 47.4 Å². The topological polar surface area (TPSA) is 52.7 Å². The van der Waals surface area contributed by atoms with Crippen LogP contribution >= 0.6 is 11.6 Å². The van der Waals surface area contributed by atoms with Crippen LogP contribution in [-0.2, 0) is 16.1 Å². The number of anilines is 2. The Morgan fingerprint density at radius 1 is 1.13 bits per heavy atom. The molecule has 2 fully saturated rings. The van der Waals surface area contributed by atoms with Crippen molar-refractivity contribution < 1.29 is 14.0 Å². The summed E-state index contributed by atoms with van der Waals surface area (Å²) >= 11 is 5.82. The number of hydrogen-bond acceptors (Lipinski definition) is 3. The van der Waals surface area contributed by atoms with Gasteiger partial charge < -0.3 is 10.2 Å². The number of benzene rings is 2. The van der Waals surface area contributed by atoms with Gasteiger partial charge in [-0.2, -0.15) is 0 Å². The fourth-order valence-corrected chi connectivity index (χ4v) is 4.32. The minimum atomic E-state index is -0.293. The molecule has 2 saturated heterocycles. The molecule has 2 heterocycles. The van der Waals surface area contributed by atoms with E-state index in [2.05, 4.69) is 10.2 Å². The second kappa shape index (κ2) is 9.14. The standard InChI is InChI=1S/C23H25ClFN3O2/c24-18-7-6-17(21(25)13-18)15-27-11-8-16(9-12-27)23(30)26-19-3-1-4-20(14-19)28-10-2-5-22(28)29/h1,3-4,6-7,13-14,16H,2,5,8-12,15H2,(H,26,30). The van der Waals surface area contributed by atoms with Crippen LogP contribution in [0.15, 0.2) is 42.5 Å². The van der Waals surface area contributed by atoms with Gasteiger partial charge >= 0.3 is 0 Å². The molecule has 2 aliphatic rings. The number of hydrogen-bond donors (Lipinski definition) is 1. The number of likely N-dealkylation sites (tertiary alicyclic amines) is 1. The van der Waals surface area contributed by atoms with Crippen LogP contribution in [0.2, 0.25) is 5.02 Å². The lowest BCUT2D eigenvalue weighted by Gasteiger charge is -2.31. The van der Waals surface area contributed by atoms with Crippen LogP contribution in [0.25, 0.3) is 0 Å². The SMILES string of the molecule is O=C(Nc1cccc(N2CCCC2=O)c1)C1CCN(Cc2ccc(Cl)cc2F)CC1. The van der Waals surface area contributed by atoms with E-state index in [9.17, 15) is 14.0 Å². The first-order valence-electron chi connectivity index (χ1n) is 10.4. The highest BCUT2D eigenvalue weighted by atomic mass is 35.5. The van der Waals surface area contributed by atoms with Crippen LogP contribution in [0.5, 0.6) is 0 Å². The second-order valence-electron chi connectivity index (χ2n) is 7.97. The van der Waals surface area contributed by atoms with Gasteiger partial charge in [-0.05, 0) is 62.7 Å². The minimum Gasteiger partial charge on any atom is -0.326 e. The molecule has 2 amide bonds. The predicted molar refractivity (Wildman–Crippen MR) is 116 cm³/mol. The highest BCUT2D eigenvalue weighted by molar-refractivity contribution is 6.30. The zero-order valence-corrected chi connectivity index (χ0v) is 17.5. The van der Waals surface area contributed by atoms with Crippen molar-refractivity contribution in [1.29, 1.82) is 0 Å². The quantitative estimate of drug-likeness (QED) is 0.763. The van der Waals surface area contributed by atoms with Gasteiger partial charge in [-0.3, -0.25) is 14.5 Å². The maximum atomic E-state index is 14.0. The zero-order valence-electron chi connectivity index (χ0n) is 16.7. The molecule has 2 aliphatic heterocycles. The molecule has 0 saturated carbocycles. The Labute approximate surface area is 180 Å². The summed E-state index contributed by atoms with van der Waals surface area (Å²) in [5.74, 6) is -0.243. The molecule has 0 unspecified atom stereocenters. The Morgan fingerprint density at radius 2 is 1.93 bits per heavy atom. The summed E-state index contributed by atoms with van der Waals surface area (Å²) in [5, 5.41) is 3.39. The molecule has 7 heteroatoms. The Hall–Kier alpha value is -2.44. The zero-order chi connectivity index (χ0) is 21.1. The average molecular weight is 430 g/mol. The van der Waals surface area contributed by atoms with Gasteiger partial charge in [-0.1, -0.05) is 23.7 Å². The molecule has 158 valence electrons. The minimum absolute atomic E-state index is 0.00257. The summed E-state index contributed by atoms with van der Waals surface area (Å²) in [5.41, 5.74) is 2.16. The van der Waals surface area contributed by atoms with Crippen molar-refractivity contribution in [2.24, 2.45) is 5.92 Å². The number of nitrogens with one attached hydrogen (secondary N) is 1. The van der Waals surface area contributed by atoms with Crippen LogP contribution < -0.4 is 10.2 Å². The highest BCUT2D eigenvalue weighted by Gasteiger charge is 2.26. The van der Waals surface area contributed by atoms with E-state index in [1.54, 1.807) is 17.0 Å². The van der Waals surface area contributed by atoms with Gasteiger partial charge in [-0.15, -0.1) is 0 Å². The molecule has 0 bridgehead atoms. The fourth-order valence-electron chi connectivity index (χ4n) is 4.16. The molecule has 4 rings (SSSR count). The van der Waals surface area contributed by atoms with Crippen molar-refractivity contribution in [2.75, 3.05) is 29.9 Å². The molecule has 2 aromatic rings. The Morgan fingerprint density at radius 3 is 2.63 bits per heavy atom. The van der Waals surface area contributed by atoms with Crippen LogP contribution in [0, 0.1) is 11.7 Å². The average Bonchev–Trinajstić information content (AvgIpc) is 3.17. The number of carbonyl (C=O) groups is 2. The number of carbonyl (C=O) groups excluding carboxylic acids is 2. The summed E-state index contributed by atoms with van der Waals surface area (Å²) in [6.07, 6.45) is 2.90. The normalized spacial score (nSPS) is 18.1. The first-order chi connectivity index (χ1) is 14.5. The van der Waals surface area contributed by atoms with Crippen molar-refractivity contribution in [3.63, 3.8) is 0 Å². The van der Waals surface area contributed by atoms with E-state index in [4.69, 9.17) is 11.6 Å². The molecule has 0 spiro atoms. The second-order valence-corrected chi connectivity index (χ2v) is 8.41. The van der Waals surface area contributed by atoms with Gasteiger partial charge in [0.05, 0.1) is 0 Å². The summed E-state index contributed by atoms with van der Waals surface area (Å²) in [6.45, 7) is 2.72. The van der Waals surface area contributed by atoms with Gasteiger partial charge in [0.15, 0.2) is 0 Å². The van der Waals surface area contributed by atoms with Gasteiger partial charge in [0.2, 0.25) is 11.8 Å². The molecule has 0 atom stereocenters. The molecular weight excluding hydrogens is 405 g/mol. The van der Waals surface area contributed by atoms with Gasteiger partial charge in [0.25, 0.3) is 0 Å². The van der Waals surface area contributed by atoms with Crippen molar-refractivity contribution in [3.8, 4) is 0 Å². The lowest BCUT2D eigenvalue weighted by molar-refractivity contribution is -0.121. The molecular formula is C23H25ClFN3O2. The summed E-state index contributed by atoms with van der Waals surface area (Å²) in [4.78, 5) is 28.6. The van der Waals surface area contributed by atoms with E-state index in [1.165, 1.54) is 6.07 Å². The van der Waals surface area contributed by atoms with Crippen molar-refractivity contribution in [1.82, 2.24) is 4.90 Å². The molecule has 1 N–H and O–H groups in total. The van der Waals surface area contributed by atoms with Crippen LogP contribution in [0.1, 0.15) is 31.2 Å². The molecule has 0 radical (unpaired) electrons. The van der Waals surface area contributed by atoms with Crippen molar-refractivity contribution >= 4 is 34.8 Å². The maximum Gasteiger partial charge on any atom is 0.227 e. The number of rotatable bonds is 5. The van der Waals surface area contributed by atoms with Crippen molar-refractivity contribution in [3.05, 3.63) is 58.9 Å². The lowest BCUT2D eigenvalue weighted by Crippen LogP contribution is -2.38. The lowest BCUT2D eigenvalue weighted by atomic mass is 9.95. The Kier molecular flexibility index (Phi) is 6.35. The third-order valence-corrected chi connectivity index (χ3v) is 6.10. The third kappa shape index (κ3) is 4.82. The first kappa shape index (κ1) is 20.8. The maximum absolute atomic E-state index is 14.0. The summed E-state index contributed by atoms with van der Waals surface area (Å²) in [7, 11) is 0. The fraction of sp³-hybridized carbons (Fsp3) is 0.391. The third-order valence-electron chi connectivity index (χ3n) is 5.87. The van der Waals surface area contributed by atoms with Crippen LogP contribution in [0.4, 0.5) is 15.8 Å². The van der Waals surface area contributed by atoms with E-state index >= 15 is 0 Å². The number of halogens is 2. The molecule has 30 heavy (non-hydrogen) atoms.